The van der Waals surface area contributed by atoms with E-state index in [0.29, 0.717) is 32.6 Å². The van der Waals surface area contributed by atoms with Crippen molar-refractivity contribution in [3.8, 4) is 0 Å². The molecule has 0 aromatic carbocycles. The molecule has 2 atom stereocenters. The number of amides is 4. The van der Waals surface area contributed by atoms with Crippen LogP contribution in [0.25, 0.3) is 0 Å². The highest BCUT2D eigenvalue weighted by Crippen LogP contribution is 2.38. The van der Waals surface area contributed by atoms with E-state index in [1.54, 1.807) is 22.4 Å². The predicted octanol–water partition coefficient (Wildman–Crippen LogP) is 1.29. The van der Waals surface area contributed by atoms with Gasteiger partial charge >= 0.3 is 6.03 Å². The van der Waals surface area contributed by atoms with Crippen LogP contribution >= 0.6 is 11.3 Å². The number of rotatable bonds is 3. The Balaban J connectivity index is 1.37. The van der Waals surface area contributed by atoms with E-state index in [4.69, 9.17) is 0 Å². The number of aromatic nitrogens is 1. The molecule has 1 aromatic heterocycles. The third-order valence-corrected chi connectivity index (χ3v) is 6.95. The molecule has 0 unspecified atom stereocenters. The number of piperazine rings is 1. The van der Waals surface area contributed by atoms with E-state index in [1.165, 1.54) is 0 Å². The maximum atomic E-state index is 13.0. The van der Waals surface area contributed by atoms with E-state index in [9.17, 15) is 14.4 Å². The molecule has 2 aliphatic heterocycles. The molecule has 4 rings (SSSR count). The Morgan fingerprint density at radius 3 is 2.74 bits per heavy atom. The van der Waals surface area contributed by atoms with Gasteiger partial charge in [0, 0.05) is 37.8 Å². The molecule has 0 bridgehead atoms. The standard InChI is InChI=1S/C18H25N5O3S/c1-13-4-2-3-5-18(13)15(25)23(16(26)20-18)12-14(24)21-7-9-22(10-8-21)17-19-6-11-27-17/h6,11,13H,2-5,7-10,12H2,1H3,(H,20,26)/t13-,18-/m0/s1. The highest BCUT2D eigenvalue weighted by Gasteiger charge is 2.55. The van der Waals surface area contributed by atoms with Gasteiger partial charge in [0.05, 0.1) is 0 Å². The smallest absolute Gasteiger partial charge is 0.325 e. The van der Waals surface area contributed by atoms with Gasteiger partial charge in [0.2, 0.25) is 5.91 Å². The molecule has 1 aromatic rings. The molecule has 9 heteroatoms. The number of urea groups is 1. The van der Waals surface area contributed by atoms with Crippen LogP contribution in [0.15, 0.2) is 11.6 Å². The van der Waals surface area contributed by atoms with Crippen molar-refractivity contribution < 1.29 is 14.4 Å². The average Bonchev–Trinajstić information content (AvgIpc) is 3.28. The number of hydrogen-bond donors (Lipinski definition) is 1. The SMILES string of the molecule is C[C@H]1CCCC[C@]12NC(=O)N(CC(=O)N1CCN(c3nccs3)CC1)C2=O. The van der Waals surface area contributed by atoms with Gasteiger partial charge in [-0.1, -0.05) is 19.8 Å². The van der Waals surface area contributed by atoms with E-state index in [2.05, 4.69) is 15.2 Å². The average molecular weight is 391 g/mol. The van der Waals surface area contributed by atoms with Gasteiger partial charge in [-0.05, 0) is 18.8 Å². The second kappa shape index (κ2) is 7.10. The minimum Gasteiger partial charge on any atom is -0.345 e. The monoisotopic (exact) mass is 391 g/mol. The van der Waals surface area contributed by atoms with E-state index >= 15 is 0 Å². The fourth-order valence-corrected chi connectivity index (χ4v) is 5.09. The van der Waals surface area contributed by atoms with Crippen LogP contribution in [0, 0.1) is 5.92 Å². The summed E-state index contributed by atoms with van der Waals surface area (Å²) in [6.07, 6.45) is 5.37. The van der Waals surface area contributed by atoms with Gasteiger partial charge in [-0.15, -0.1) is 11.3 Å². The third kappa shape index (κ3) is 3.18. The van der Waals surface area contributed by atoms with Crippen molar-refractivity contribution in [2.75, 3.05) is 37.6 Å². The number of nitrogens with zero attached hydrogens (tertiary/aromatic N) is 4. The Kier molecular flexibility index (Phi) is 4.79. The van der Waals surface area contributed by atoms with Crippen molar-refractivity contribution in [1.29, 1.82) is 0 Å². The molecule has 4 amide bonds. The first kappa shape index (κ1) is 18.2. The first-order chi connectivity index (χ1) is 13.0. The minimum atomic E-state index is -0.806. The van der Waals surface area contributed by atoms with E-state index in [1.807, 2.05) is 12.3 Å². The first-order valence-electron chi connectivity index (χ1n) is 9.57. The van der Waals surface area contributed by atoms with Crippen molar-refractivity contribution in [1.82, 2.24) is 20.1 Å². The van der Waals surface area contributed by atoms with Gasteiger partial charge in [-0.3, -0.25) is 14.5 Å². The van der Waals surface area contributed by atoms with Crippen molar-refractivity contribution >= 4 is 34.3 Å². The van der Waals surface area contributed by atoms with Gasteiger partial charge in [0.1, 0.15) is 12.1 Å². The molecule has 146 valence electrons. The van der Waals surface area contributed by atoms with Gasteiger partial charge in [-0.25, -0.2) is 9.78 Å². The largest absolute Gasteiger partial charge is 0.345 e. The summed E-state index contributed by atoms with van der Waals surface area (Å²) in [6.45, 7) is 4.41. The lowest BCUT2D eigenvalue weighted by Gasteiger charge is -2.37. The van der Waals surface area contributed by atoms with Crippen LogP contribution < -0.4 is 10.2 Å². The molecule has 27 heavy (non-hydrogen) atoms. The van der Waals surface area contributed by atoms with E-state index in [-0.39, 0.29) is 24.3 Å². The van der Waals surface area contributed by atoms with Crippen molar-refractivity contribution in [2.24, 2.45) is 5.92 Å². The van der Waals surface area contributed by atoms with Crippen LogP contribution in [0.2, 0.25) is 0 Å². The molecular formula is C18H25N5O3S. The number of carbonyl (C=O) groups excluding carboxylic acids is 3. The summed E-state index contributed by atoms with van der Waals surface area (Å²) in [7, 11) is 0. The number of carbonyl (C=O) groups is 3. The highest BCUT2D eigenvalue weighted by molar-refractivity contribution is 7.13. The summed E-state index contributed by atoms with van der Waals surface area (Å²) in [5.41, 5.74) is -0.806. The molecule has 2 saturated heterocycles. The van der Waals surface area contributed by atoms with Gasteiger partial charge in [0.15, 0.2) is 5.13 Å². The lowest BCUT2D eigenvalue weighted by molar-refractivity contribution is -0.140. The fourth-order valence-electron chi connectivity index (χ4n) is 4.39. The van der Waals surface area contributed by atoms with Crippen LogP contribution in [0.1, 0.15) is 32.6 Å². The summed E-state index contributed by atoms with van der Waals surface area (Å²) in [5.74, 6) is -0.295. The quantitative estimate of drug-likeness (QED) is 0.785. The summed E-state index contributed by atoms with van der Waals surface area (Å²) in [4.78, 5) is 47.5. The Bertz CT molecular complexity index is 731. The maximum absolute atomic E-state index is 13.0. The number of nitrogens with one attached hydrogen (secondary N) is 1. The maximum Gasteiger partial charge on any atom is 0.325 e. The Labute approximate surface area is 162 Å². The molecule has 1 N–H and O–H groups in total. The summed E-state index contributed by atoms with van der Waals surface area (Å²) in [6, 6.07) is -0.427. The van der Waals surface area contributed by atoms with Crippen LogP contribution in [-0.4, -0.2) is 70.9 Å². The topological polar surface area (TPSA) is 85.8 Å². The normalized spacial score (nSPS) is 28.8. The number of hydrogen-bond acceptors (Lipinski definition) is 6. The van der Waals surface area contributed by atoms with E-state index in [0.717, 1.165) is 29.3 Å². The first-order valence-corrected chi connectivity index (χ1v) is 10.5. The van der Waals surface area contributed by atoms with Crippen LogP contribution in [0.5, 0.6) is 0 Å². The zero-order valence-corrected chi connectivity index (χ0v) is 16.3. The lowest BCUT2D eigenvalue weighted by Crippen LogP contribution is -2.54. The molecule has 8 nitrogen and oxygen atoms in total. The Morgan fingerprint density at radius 1 is 1.30 bits per heavy atom. The van der Waals surface area contributed by atoms with Crippen LogP contribution in [0.4, 0.5) is 9.93 Å². The second-order valence-electron chi connectivity index (χ2n) is 7.62. The van der Waals surface area contributed by atoms with Crippen LogP contribution in [0.3, 0.4) is 0 Å². The summed E-state index contributed by atoms with van der Waals surface area (Å²) in [5, 5.41) is 5.80. The molecule has 1 spiro atoms. The zero-order chi connectivity index (χ0) is 19.0. The molecule has 0 radical (unpaired) electrons. The predicted molar refractivity (Wildman–Crippen MR) is 102 cm³/mol. The molecule has 3 fully saturated rings. The highest BCUT2D eigenvalue weighted by atomic mass is 32.1. The molecular weight excluding hydrogens is 366 g/mol. The Hall–Kier alpha value is -2.16. The van der Waals surface area contributed by atoms with Gasteiger partial charge in [-0.2, -0.15) is 0 Å². The Morgan fingerprint density at radius 2 is 2.07 bits per heavy atom. The fraction of sp³-hybridized carbons (Fsp3) is 0.667. The van der Waals surface area contributed by atoms with Crippen LogP contribution in [-0.2, 0) is 9.59 Å². The zero-order valence-electron chi connectivity index (χ0n) is 15.5. The molecule has 1 saturated carbocycles. The summed E-state index contributed by atoms with van der Waals surface area (Å²) >= 11 is 1.58. The van der Waals surface area contributed by atoms with Crippen molar-refractivity contribution in [2.45, 2.75) is 38.1 Å². The van der Waals surface area contributed by atoms with Crippen molar-refractivity contribution in [3.05, 3.63) is 11.6 Å². The number of thiazole rings is 1. The lowest BCUT2D eigenvalue weighted by atomic mass is 9.73. The number of anilines is 1. The van der Waals surface area contributed by atoms with Gasteiger partial charge < -0.3 is 15.1 Å². The third-order valence-electron chi connectivity index (χ3n) is 6.12. The molecule has 3 aliphatic rings. The minimum absolute atomic E-state index is 0.102. The molecule has 1 aliphatic carbocycles. The number of imide groups is 1. The van der Waals surface area contributed by atoms with Crippen molar-refractivity contribution in [3.63, 3.8) is 0 Å². The van der Waals surface area contributed by atoms with E-state index < -0.39 is 11.6 Å². The van der Waals surface area contributed by atoms with Gasteiger partial charge in [0.25, 0.3) is 5.91 Å². The molecule has 3 heterocycles. The summed E-state index contributed by atoms with van der Waals surface area (Å²) < 4.78 is 0. The second-order valence-corrected chi connectivity index (χ2v) is 8.50.